The maximum absolute atomic E-state index is 13.5. The van der Waals surface area contributed by atoms with Crippen LogP contribution in [0, 0.1) is 12.3 Å². The van der Waals surface area contributed by atoms with Crippen LogP contribution in [-0.4, -0.2) is 47.1 Å². The smallest absolute Gasteiger partial charge is 0.325 e. The zero-order valence-corrected chi connectivity index (χ0v) is 20.4. The van der Waals surface area contributed by atoms with Gasteiger partial charge in [-0.15, -0.1) is 6.42 Å². The standard InChI is InChI=1S/C28H24ClN3O5/c1-2-18-8-13-23(22(29)16-18)30-26(34)24(17-19-6-4-3-5-7-19)32-27(35)25(31-28(32)36)20-9-11-21(12-10-20)37-15-14-33/h1,3-13,16,24-25,33H,14-15,17H2,(H,30,34)(H,31,36)/t24-,25?/m0/s1. The Balaban J connectivity index is 1.60. The van der Waals surface area contributed by atoms with E-state index in [1.165, 1.54) is 0 Å². The van der Waals surface area contributed by atoms with Crippen molar-refractivity contribution < 1.29 is 24.2 Å². The molecule has 0 bridgehead atoms. The molecule has 2 atom stereocenters. The van der Waals surface area contributed by atoms with Crippen molar-refractivity contribution in [2.75, 3.05) is 18.5 Å². The summed E-state index contributed by atoms with van der Waals surface area (Å²) in [5, 5.41) is 14.6. The van der Waals surface area contributed by atoms with Crippen LogP contribution in [0.15, 0.2) is 72.8 Å². The minimum atomic E-state index is -1.14. The molecule has 1 fully saturated rings. The molecule has 4 rings (SSSR count). The van der Waals surface area contributed by atoms with E-state index < -0.39 is 29.9 Å². The van der Waals surface area contributed by atoms with Gasteiger partial charge in [0, 0.05) is 12.0 Å². The first-order valence-electron chi connectivity index (χ1n) is 11.5. The van der Waals surface area contributed by atoms with Gasteiger partial charge in [-0.2, -0.15) is 0 Å². The van der Waals surface area contributed by atoms with Crippen LogP contribution in [0.25, 0.3) is 0 Å². The van der Waals surface area contributed by atoms with Gasteiger partial charge in [0.05, 0.1) is 17.3 Å². The minimum absolute atomic E-state index is 0.104. The Bertz CT molecular complexity index is 1340. The summed E-state index contributed by atoms with van der Waals surface area (Å²) in [6.07, 6.45) is 5.51. The van der Waals surface area contributed by atoms with Crippen molar-refractivity contribution in [3.05, 3.63) is 94.5 Å². The lowest BCUT2D eigenvalue weighted by Crippen LogP contribution is -2.49. The molecule has 1 unspecified atom stereocenters. The Morgan fingerprint density at radius 1 is 1.14 bits per heavy atom. The van der Waals surface area contributed by atoms with Gasteiger partial charge in [-0.05, 0) is 41.5 Å². The number of carbonyl (C=O) groups is 3. The third kappa shape index (κ3) is 5.92. The summed E-state index contributed by atoms with van der Waals surface area (Å²) >= 11 is 6.29. The molecule has 3 aromatic rings. The Morgan fingerprint density at radius 3 is 2.51 bits per heavy atom. The van der Waals surface area contributed by atoms with Gasteiger partial charge >= 0.3 is 6.03 Å². The van der Waals surface area contributed by atoms with Gasteiger partial charge in [0.25, 0.3) is 5.91 Å². The zero-order chi connectivity index (χ0) is 26.4. The number of rotatable bonds is 9. The summed E-state index contributed by atoms with van der Waals surface area (Å²) in [5.41, 5.74) is 2.16. The number of nitrogens with one attached hydrogen (secondary N) is 2. The van der Waals surface area contributed by atoms with E-state index in [1.807, 2.05) is 30.3 Å². The molecular formula is C28H24ClN3O5. The Kier molecular flexibility index (Phi) is 8.08. The summed E-state index contributed by atoms with van der Waals surface area (Å²) in [4.78, 5) is 40.9. The number of hydrogen-bond acceptors (Lipinski definition) is 5. The van der Waals surface area contributed by atoms with E-state index in [0.717, 1.165) is 10.5 Å². The summed E-state index contributed by atoms with van der Waals surface area (Å²) in [7, 11) is 0. The highest BCUT2D eigenvalue weighted by Gasteiger charge is 2.45. The molecule has 9 heteroatoms. The highest BCUT2D eigenvalue weighted by Crippen LogP contribution is 2.28. The van der Waals surface area contributed by atoms with Gasteiger partial charge in [-0.1, -0.05) is 60.0 Å². The van der Waals surface area contributed by atoms with Crippen LogP contribution in [0.5, 0.6) is 5.75 Å². The molecule has 1 aliphatic rings. The number of carbonyl (C=O) groups excluding carboxylic acids is 3. The van der Waals surface area contributed by atoms with Crippen LogP contribution in [-0.2, 0) is 16.0 Å². The number of urea groups is 1. The summed E-state index contributed by atoms with van der Waals surface area (Å²) in [6.45, 7) is 0.00991. The number of benzene rings is 3. The molecule has 37 heavy (non-hydrogen) atoms. The monoisotopic (exact) mass is 517 g/mol. The van der Waals surface area contributed by atoms with Crippen molar-refractivity contribution >= 4 is 35.1 Å². The normalized spacial score (nSPS) is 15.6. The number of ether oxygens (including phenoxy) is 1. The number of hydrogen-bond donors (Lipinski definition) is 3. The third-order valence-electron chi connectivity index (χ3n) is 5.82. The number of terminal acetylenes is 1. The van der Waals surface area contributed by atoms with E-state index in [2.05, 4.69) is 16.6 Å². The van der Waals surface area contributed by atoms with Crippen molar-refractivity contribution in [2.24, 2.45) is 0 Å². The van der Waals surface area contributed by atoms with Gasteiger partial charge in [-0.25, -0.2) is 9.69 Å². The van der Waals surface area contributed by atoms with Gasteiger partial charge in [0.2, 0.25) is 5.91 Å². The number of nitrogens with zero attached hydrogens (tertiary/aromatic N) is 1. The molecule has 188 valence electrons. The quantitative estimate of drug-likeness (QED) is 0.297. The largest absolute Gasteiger partial charge is 0.491 e. The second-order valence-electron chi connectivity index (χ2n) is 8.27. The predicted octanol–water partition coefficient (Wildman–Crippen LogP) is 3.54. The fourth-order valence-corrected chi connectivity index (χ4v) is 4.22. The third-order valence-corrected chi connectivity index (χ3v) is 6.14. The summed E-state index contributed by atoms with van der Waals surface area (Å²) in [6, 6.07) is 17.6. The molecular weight excluding hydrogens is 494 g/mol. The molecule has 0 aromatic heterocycles. The number of imide groups is 1. The maximum atomic E-state index is 13.5. The van der Waals surface area contributed by atoms with Gasteiger partial charge in [-0.3, -0.25) is 9.59 Å². The number of aliphatic hydroxyl groups is 1. The molecule has 3 N–H and O–H groups in total. The maximum Gasteiger partial charge on any atom is 0.325 e. The second-order valence-corrected chi connectivity index (χ2v) is 8.67. The van der Waals surface area contributed by atoms with Gasteiger partial charge in [0.15, 0.2) is 0 Å². The van der Waals surface area contributed by atoms with Crippen molar-refractivity contribution in [1.82, 2.24) is 10.2 Å². The van der Waals surface area contributed by atoms with E-state index in [9.17, 15) is 14.4 Å². The predicted molar refractivity (Wildman–Crippen MR) is 139 cm³/mol. The van der Waals surface area contributed by atoms with Crippen LogP contribution in [0.2, 0.25) is 5.02 Å². The van der Waals surface area contributed by atoms with E-state index in [1.54, 1.807) is 42.5 Å². The molecule has 8 nitrogen and oxygen atoms in total. The molecule has 0 spiro atoms. The van der Waals surface area contributed by atoms with E-state index in [0.29, 0.717) is 22.6 Å². The lowest BCUT2D eigenvalue weighted by Gasteiger charge is -2.25. The number of halogens is 1. The zero-order valence-electron chi connectivity index (χ0n) is 19.7. The van der Waals surface area contributed by atoms with E-state index >= 15 is 0 Å². The van der Waals surface area contributed by atoms with Crippen molar-refractivity contribution in [3.63, 3.8) is 0 Å². The fourth-order valence-electron chi connectivity index (χ4n) is 4.00. The van der Waals surface area contributed by atoms with Crippen LogP contribution in [0.1, 0.15) is 22.7 Å². The Morgan fingerprint density at radius 2 is 1.86 bits per heavy atom. The van der Waals surface area contributed by atoms with E-state index in [4.69, 9.17) is 27.9 Å². The van der Waals surface area contributed by atoms with Gasteiger partial charge in [0.1, 0.15) is 24.4 Å². The average Bonchev–Trinajstić information content (AvgIpc) is 3.21. The summed E-state index contributed by atoms with van der Waals surface area (Å²) in [5.74, 6) is 1.86. The molecule has 1 heterocycles. The Hall–Kier alpha value is -4.32. The SMILES string of the molecule is C#Cc1ccc(NC(=O)[C@H](Cc2ccccc2)N2C(=O)NC(c3ccc(OCCO)cc3)C2=O)c(Cl)c1. The topological polar surface area (TPSA) is 108 Å². The van der Waals surface area contributed by atoms with E-state index in [-0.39, 0.29) is 24.7 Å². The van der Waals surface area contributed by atoms with Crippen molar-refractivity contribution in [2.45, 2.75) is 18.5 Å². The first-order valence-corrected chi connectivity index (χ1v) is 11.9. The van der Waals surface area contributed by atoms with Gasteiger partial charge < -0.3 is 20.5 Å². The average molecular weight is 518 g/mol. The van der Waals surface area contributed by atoms with Crippen LogP contribution >= 0.6 is 11.6 Å². The molecule has 1 aliphatic heterocycles. The molecule has 0 aliphatic carbocycles. The minimum Gasteiger partial charge on any atom is -0.491 e. The lowest BCUT2D eigenvalue weighted by atomic mass is 10.0. The molecule has 0 radical (unpaired) electrons. The van der Waals surface area contributed by atoms with Crippen LogP contribution in [0.3, 0.4) is 0 Å². The Labute approximate surface area is 219 Å². The van der Waals surface area contributed by atoms with Crippen LogP contribution < -0.4 is 15.4 Å². The van der Waals surface area contributed by atoms with Crippen LogP contribution in [0.4, 0.5) is 10.5 Å². The lowest BCUT2D eigenvalue weighted by molar-refractivity contribution is -0.134. The molecule has 1 saturated heterocycles. The van der Waals surface area contributed by atoms with Crippen molar-refractivity contribution in [3.8, 4) is 18.1 Å². The number of anilines is 1. The number of amides is 4. The molecule has 4 amide bonds. The van der Waals surface area contributed by atoms with Crippen molar-refractivity contribution in [1.29, 1.82) is 0 Å². The number of aliphatic hydroxyl groups excluding tert-OH is 1. The second kappa shape index (κ2) is 11.6. The highest BCUT2D eigenvalue weighted by molar-refractivity contribution is 6.34. The molecule has 3 aromatic carbocycles. The first-order chi connectivity index (χ1) is 17.9. The first kappa shape index (κ1) is 25.8. The molecule has 0 saturated carbocycles. The summed E-state index contributed by atoms with van der Waals surface area (Å²) < 4.78 is 5.35. The fraction of sp³-hybridized carbons (Fsp3) is 0.179. The highest BCUT2D eigenvalue weighted by atomic mass is 35.5.